The average molecular weight is 385 g/mol. The minimum absolute atomic E-state index is 0.0371. The third kappa shape index (κ3) is 5.86. The van der Waals surface area contributed by atoms with E-state index in [-0.39, 0.29) is 17.2 Å². The molecular weight excluding hydrogens is 360 g/mol. The van der Waals surface area contributed by atoms with Crippen LogP contribution in [0.1, 0.15) is 33.3 Å². The third-order valence-electron chi connectivity index (χ3n) is 3.74. The topological polar surface area (TPSA) is 67.4 Å². The summed E-state index contributed by atoms with van der Waals surface area (Å²) >= 11 is 3.42. The first-order chi connectivity index (χ1) is 10.7. The predicted octanol–water partition coefficient (Wildman–Crippen LogP) is 3.22. The van der Waals surface area contributed by atoms with Gasteiger partial charge in [-0.25, -0.2) is 4.79 Å². The van der Waals surface area contributed by atoms with E-state index in [0.29, 0.717) is 6.54 Å². The van der Waals surface area contributed by atoms with Gasteiger partial charge in [-0.15, -0.1) is 0 Å². The van der Waals surface area contributed by atoms with E-state index in [9.17, 15) is 9.59 Å². The van der Waals surface area contributed by atoms with Crippen LogP contribution < -0.4 is 10.6 Å². The normalized spacial score (nSPS) is 12.7. The zero-order valence-electron chi connectivity index (χ0n) is 14.3. The Morgan fingerprint density at radius 3 is 2.26 bits per heavy atom. The van der Waals surface area contributed by atoms with Crippen LogP contribution in [0.2, 0.25) is 0 Å². The molecule has 0 bridgehead atoms. The van der Waals surface area contributed by atoms with E-state index in [4.69, 9.17) is 0 Å². The van der Waals surface area contributed by atoms with Crippen molar-refractivity contribution >= 4 is 27.9 Å². The number of benzene rings is 1. The van der Waals surface area contributed by atoms with E-state index in [1.807, 2.05) is 38.1 Å². The van der Waals surface area contributed by atoms with Gasteiger partial charge >= 0.3 is 6.09 Å². The van der Waals surface area contributed by atoms with Crippen LogP contribution in [0.5, 0.6) is 0 Å². The molecule has 1 atom stereocenters. The lowest BCUT2D eigenvalue weighted by Gasteiger charge is -2.28. The third-order valence-corrected chi connectivity index (χ3v) is 4.27. The predicted molar refractivity (Wildman–Crippen MR) is 94.3 cm³/mol. The van der Waals surface area contributed by atoms with Crippen LogP contribution in [0, 0.1) is 5.92 Å². The van der Waals surface area contributed by atoms with Crippen molar-refractivity contribution in [2.24, 2.45) is 5.92 Å². The summed E-state index contributed by atoms with van der Waals surface area (Å²) in [4.78, 5) is 23.7. The van der Waals surface area contributed by atoms with Gasteiger partial charge in [0.2, 0.25) is 5.91 Å². The lowest BCUT2D eigenvalue weighted by molar-refractivity contribution is -0.124. The quantitative estimate of drug-likeness (QED) is 0.790. The van der Waals surface area contributed by atoms with Gasteiger partial charge in [0.05, 0.1) is 7.11 Å². The Labute approximate surface area is 146 Å². The molecule has 0 aliphatic carbocycles. The van der Waals surface area contributed by atoms with E-state index < -0.39 is 12.1 Å². The van der Waals surface area contributed by atoms with E-state index in [0.717, 1.165) is 10.0 Å². The Morgan fingerprint density at radius 1 is 1.22 bits per heavy atom. The van der Waals surface area contributed by atoms with Gasteiger partial charge in [-0.1, -0.05) is 55.8 Å². The van der Waals surface area contributed by atoms with Crippen LogP contribution in [0.25, 0.3) is 0 Å². The standard InChI is InChI=1S/C17H25BrN2O3/c1-11(2)14(20-16(22)23-5)15(21)19-10-17(3,4)12-6-8-13(18)9-7-12/h6-9,11,14H,10H2,1-5H3,(H,19,21)(H,20,22). The highest BCUT2D eigenvalue weighted by atomic mass is 79.9. The van der Waals surface area contributed by atoms with Crippen LogP contribution in [0.4, 0.5) is 4.79 Å². The maximum atomic E-state index is 12.4. The van der Waals surface area contributed by atoms with Gasteiger partial charge in [0, 0.05) is 16.4 Å². The van der Waals surface area contributed by atoms with Crippen LogP contribution in [-0.2, 0) is 14.9 Å². The highest BCUT2D eigenvalue weighted by Crippen LogP contribution is 2.24. The van der Waals surface area contributed by atoms with Gasteiger partial charge < -0.3 is 15.4 Å². The van der Waals surface area contributed by atoms with Gasteiger partial charge in [0.25, 0.3) is 0 Å². The first-order valence-electron chi connectivity index (χ1n) is 7.55. The fourth-order valence-corrected chi connectivity index (χ4v) is 2.41. The second-order valence-electron chi connectivity index (χ2n) is 6.47. The van der Waals surface area contributed by atoms with Crippen LogP contribution in [0.15, 0.2) is 28.7 Å². The number of ether oxygens (including phenoxy) is 1. The monoisotopic (exact) mass is 384 g/mol. The van der Waals surface area contributed by atoms with Crippen molar-refractivity contribution in [1.29, 1.82) is 0 Å². The maximum absolute atomic E-state index is 12.4. The van der Waals surface area contributed by atoms with Crippen LogP contribution in [0.3, 0.4) is 0 Å². The van der Waals surface area contributed by atoms with E-state index in [2.05, 4.69) is 45.1 Å². The molecule has 0 aliphatic heterocycles. The summed E-state index contributed by atoms with van der Waals surface area (Å²) < 4.78 is 5.59. The molecule has 0 aliphatic rings. The summed E-state index contributed by atoms with van der Waals surface area (Å²) in [6.45, 7) is 8.35. The SMILES string of the molecule is COC(=O)NC(C(=O)NCC(C)(C)c1ccc(Br)cc1)C(C)C. The Balaban J connectivity index is 2.71. The number of hydrogen-bond donors (Lipinski definition) is 2. The fourth-order valence-electron chi connectivity index (χ4n) is 2.14. The molecule has 2 amide bonds. The molecular formula is C17H25BrN2O3. The first kappa shape index (κ1) is 19.5. The summed E-state index contributed by atoms with van der Waals surface area (Å²) in [5.74, 6) is -0.250. The molecule has 128 valence electrons. The Hall–Kier alpha value is -1.56. The number of amides is 2. The van der Waals surface area contributed by atoms with Crippen molar-refractivity contribution in [3.63, 3.8) is 0 Å². The number of rotatable bonds is 6. The van der Waals surface area contributed by atoms with Crippen molar-refractivity contribution in [2.75, 3.05) is 13.7 Å². The number of nitrogens with one attached hydrogen (secondary N) is 2. The molecule has 5 nitrogen and oxygen atoms in total. The molecule has 1 aromatic carbocycles. The smallest absolute Gasteiger partial charge is 0.407 e. The van der Waals surface area contributed by atoms with E-state index >= 15 is 0 Å². The number of methoxy groups -OCH3 is 1. The average Bonchev–Trinajstić information content (AvgIpc) is 2.50. The number of halogens is 1. The van der Waals surface area contributed by atoms with E-state index in [1.165, 1.54) is 7.11 Å². The van der Waals surface area contributed by atoms with Gasteiger partial charge in [-0.2, -0.15) is 0 Å². The lowest BCUT2D eigenvalue weighted by Crippen LogP contribution is -2.51. The van der Waals surface area contributed by atoms with Crippen molar-refractivity contribution < 1.29 is 14.3 Å². The molecule has 0 aromatic heterocycles. The molecule has 2 N–H and O–H groups in total. The molecule has 23 heavy (non-hydrogen) atoms. The summed E-state index contributed by atoms with van der Waals surface area (Å²) in [7, 11) is 1.28. The summed E-state index contributed by atoms with van der Waals surface area (Å²) in [6, 6.07) is 7.40. The second-order valence-corrected chi connectivity index (χ2v) is 7.38. The lowest BCUT2D eigenvalue weighted by atomic mass is 9.84. The van der Waals surface area contributed by atoms with Crippen molar-refractivity contribution in [3.8, 4) is 0 Å². The number of hydrogen-bond acceptors (Lipinski definition) is 3. The summed E-state index contributed by atoms with van der Waals surface area (Å²) in [5.41, 5.74) is 0.909. The largest absolute Gasteiger partial charge is 0.453 e. The van der Waals surface area contributed by atoms with Crippen LogP contribution >= 0.6 is 15.9 Å². The zero-order chi connectivity index (χ0) is 17.6. The molecule has 1 aromatic rings. The van der Waals surface area contributed by atoms with Gasteiger partial charge in [-0.3, -0.25) is 4.79 Å². The molecule has 6 heteroatoms. The number of carbonyl (C=O) groups is 2. The Kier molecular flexibility index (Phi) is 7.06. The minimum Gasteiger partial charge on any atom is -0.453 e. The van der Waals surface area contributed by atoms with Crippen molar-refractivity contribution in [1.82, 2.24) is 10.6 Å². The van der Waals surface area contributed by atoms with Gasteiger partial charge in [0.1, 0.15) is 6.04 Å². The molecule has 0 saturated carbocycles. The zero-order valence-corrected chi connectivity index (χ0v) is 15.9. The molecule has 1 unspecified atom stereocenters. The second kappa shape index (κ2) is 8.34. The summed E-state index contributed by atoms with van der Waals surface area (Å²) in [6.07, 6.45) is -0.606. The highest BCUT2D eigenvalue weighted by Gasteiger charge is 2.27. The molecule has 0 radical (unpaired) electrons. The Morgan fingerprint density at radius 2 is 1.78 bits per heavy atom. The fraction of sp³-hybridized carbons (Fsp3) is 0.529. The van der Waals surface area contributed by atoms with Crippen molar-refractivity contribution in [3.05, 3.63) is 34.3 Å². The molecule has 0 fully saturated rings. The molecule has 0 spiro atoms. The number of alkyl carbamates (subject to hydrolysis) is 1. The minimum atomic E-state index is -0.622. The maximum Gasteiger partial charge on any atom is 0.407 e. The van der Waals surface area contributed by atoms with Gasteiger partial charge in [-0.05, 0) is 23.6 Å². The molecule has 0 saturated heterocycles. The van der Waals surface area contributed by atoms with Gasteiger partial charge in [0.15, 0.2) is 0 Å². The Bertz CT molecular complexity index is 541. The summed E-state index contributed by atoms with van der Waals surface area (Å²) in [5, 5.41) is 5.50. The number of carbonyl (C=O) groups excluding carboxylic acids is 2. The first-order valence-corrected chi connectivity index (χ1v) is 8.35. The highest BCUT2D eigenvalue weighted by molar-refractivity contribution is 9.10. The van der Waals surface area contributed by atoms with Crippen molar-refractivity contribution in [2.45, 2.75) is 39.2 Å². The molecule has 0 heterocycles. The molecule has 1 rings (SSSR count). The van der Waals surface area contributed by atoms with Crippen LogP contribution in [-0.4, -0.2) is 31.7 Å². The van der Waals surface area contributed by atoms with E-state index in [1.54, 1.807) is 0 Å².